The van der Waals surface area contributed by atoms with E-state index < -0.39 is 0 Å². The zero-order chi connectivity index (χ0) is 9.26. The van der Waals surface area contributed by atoms with Crippen molar-refractivity contribution in [2.75, 3.05) is 6.61 Å². The van der Waals surface area contributed by atoms with Crippen LogP contribution >= 0.6 is 11.3 Å². The second-order valence-electron chi connectivity index (χ2n) is 3.01. The standard InChI is InChI=1S/C10H11NOS/c11-9(6-12)8-2-1-7-3-4-13-10(7)5-8/h1-5,9,12H,6,11H2. The molecule has 1 unspecified atom stereocenters. The first-order valence-corrected chi connectivity index (χ1v) is 5.03. The summed E-state index contributed by atoms with van der Waals surface area (Å²) in [6.07, 6.45) is 0. The molecule has 13 heavy (non-hydrogen) atoms. The lowest BCUT2D eigenvalue weighted by atomic mass is 10.1. The van der Waals surface area contributed by atoms with Crippen molar-refractivity contribution in [1.82, 2.24) is 0 Å². The van der Waals surface area contributed by atoms with Crippen LogP contribution in [0.3, 0.4) is 0 Å². The molecule has 1 heterocycles. The van der Waals surface area contributed by atoms with Gasteiger partial charge < -0.3 is 10.8 Å². The zero-order valence-corrected chi connectivity index (χ0v) is 7.92. The number of aliphatic hydroxyl groups excluding tert-OH is 1. The van der Waals surface area contributed by atoms with Crippen LogP contribution in [-0.2, 0) is 0 Å². The van der Waals surface area contributed by atoms with Gasteiger partial charge in [-0.05, 0) is 28.5 Å². The zero-order valence-electron chi connectivity index (χ0n) is 7.10. The SMILES string of the molecule is NC(CO)c1ccc2ccsc2c1. The maximum atomic E-state index is 8.89. The van der Waals surface area contributed by atoms with Gasteiger partial charge in [0.25, 0.3) is 0 Å². The van der Waals surface area contributed by atoms with Gasteiger partial charge in [-0.1, -0.05) is 12.1 Å². The highest BCUT2D eigenvalue weighted by Crippen LogP contribution is 2.23. The number of rotatable bonds is 2. The highest BCUT2D eigenvalue weighted by Gasteiger charge is 2.04. The fourth-order valence-electron chi connectivity index (χ4n) is 1.31. The van der Waals surface area contributed by atoms with E-state index in [2.05, 4.69) is 11.4 Å². The normalized spacial score (nSPS) is 13.4. The van der Waals surface area contributed by atoms with E-state index in [1.807, 2.05) is 18.2 Å². The predicted octanol–water partition coefficient (Wildman–Crippen LogP) is 1.89. The van der Waals surface area contributed by atoms with Crippen molar-refractivity contribution >= 4 is 21.4 Å². The van der Waals surface area contributed by atoms with Crippen LogP contribution in [0, 0.1) is 0 Å². The number of benzene rings is 1. The summed E-state index contributed by atoms with van der Waals surface area (Å²) in [7, 11) is 0. The van der Waals surface area contributed by atoms with Crippen molar-refractivity contribution in [1.29, 1.82) is 0 Å². The molecule has 0 radical (unpaired) electrons. The minimum absolute atomic E-state index is 0.00309. The third kappa shape index (κ3) is 1.58. The molecule has 68 valence electrons. The van der Waals surface area contributed by atoms with Crippen LogP contribution in [0.4, 0.5) is 0 Å². The fourth-order valence-corrected chi connectivity index (χ4v) is 2.14. The van der Waals surface area contributed by atoms with E-state index in [-0.39, 0.29) is 12.6 Å². The molecule has 1 aromatic carbocycles. The molecule has 0 aliphatic heterocycles. The molecule has 3 heteroatoms. The molecule has 1 atom stereocenters. The molecule has 2 aromatic rings. The summed E-state index contributed by atoms with van der Waals surface area (Å²) in [6, 6.07) is 7.87. The number of nitrogens with two attached hydrogens (primary N) is 1. The van der Waals surface area contributed by atoms with Crippen LogP contribution in [0.25, 0.3) is 10.1 Å². The van der Waals surface area contributed by atoms with E-state index in [0.29, 0.717) is 0 Å². The van der Waals surface area contributed by atoms with E-state index in [1.165, 1.54) is 10.1 Å². The average Bonchev–Trinajstić information content (AvgIpc) is 2.63. The minimum atomic E-state index is -0.258. The average molecular weight is 193 g/mol. The van der Waals surface area contributed by atoms with Crippen molar-refractivity contribution in [3.05, 3.63) is 35.2 Å². The fraction of sp³-hybridized carbons (Fsp3) is 0.200. The monoisotopic (exact) mass is 193 g/mol. The van der Waals surface area contributed by atoms with Gasteiger partial charge >= 0.3 is 0 Å². The first-order chi connectivity index (χ1) is 6.31. The molecule has 1 aromatic heterocycles. The van der Waals surface area contributed by atoms with Gasteiger partial charge in [0, 0.05) is 4.70 Å². The van der Waals surface area contributed by atoms with Crippen LogP contribution in [0.1, 0.15) is 11.6 Å². The van der Waals surface area contributed by atoms with E-state index in [4.69, 9.17) is 10.8 Å². The highest BCUT2D eigenvalue weighted by molar-refractivity contribution is 7.17. The Balaban J connectivity index is 2.48. The molecule has 0 aliphatic carbocycles. The Hall–Kier alpha value is -0.900. The van der Waals surface area contributed by atoms with E-state index in [0.717, 1.165) is 5.56 Å². The molecule has 0 aliphatic rings. The van der Waals surface area contributed by atoms with Gasteiger partial charge in [-0.25, -0.2) is 0 Å². The lowest BCUT2D eigenvalue weighted by Crippen LogP contribution is -2.13. The second-order valence-corrected chi connectivity index (χ2v) is 3.95. The predicted molar refractivity (Wildman–Crippen MR) is 55.8 cm³/mol. The van der Waals surface area contributed by atoms with E-state index >= 15 is 0 Å². The van der Waals surface area contributed by atoms with Crippen LogP contribution in [0.5, 0.6) is 0 Å². The maximum absolute atomic E-state index is 8.89. The number of aliphatic hydroxyl groups is 1. The molecule has 0 saturated carbocycles. The van der Waals surface area contributed by atoms with Gasteiger partial charge in [0.1, 0.15) is 0 Å². The summed E-state index contributed by atoms with van der Waals surface area (Å²) in [4.78, 5) is 0. The van der Waals surface area contributed by atoms with Crippen LogP contribution in [0.2, 0.25) is 0 Å². The Kier molecular flexibility index (Phi) is 2.31. The third-order valence-electron chi connectivity index (χ3n) is 2.11. The lowest BCUT2D eigenvalue weighted by Gasteiger charge is -2.07. The summed E-state index contributed by atoms with van der Waals surface area (Å²) >= 11 is 1.69. The maximum Gasteiger partial charge on any atom is 0.0624 e. The quantitative estimate of drug-likeness (QED) is 0.765. The molecule has 0 fully saturated rings. The molecule has 0 amide bonds. The Morgan fingerprint density at radius 1 is 1.38 bits per heavy atom. The van der Waals surface area contributed by atoms with E-state index in [1.54, 1.807) is 11.3 Å². The van der Waals surface area contributed by atoms with Gasteiger partial charge in [-0.15, -0.1) is 11.3 Å². The number of thiophene rings is 1. The van der Waals surface area contributed by atoms with Crippen molar-refractivity contribution < 1.29 is 5.11 Å². The largest absolute Gasteiger partial charge is 0.394 e. The van der Waals surface area contributed by atoms with Gasteiger partial charge in [0.05, 0.1) is 12.6 Å². The van der Waals surface area contributed by atoms with Crippen molar-refractivity contribution in [3.8, 4) is 0 Å². The second kappa shape index (κ2) is 3.46. The van der Waals surface area contributed by atoms with Crippen molar-refractivity contribution in [3.63, 3.8) is 0 Å². The van der Waals surface area contributed by atoms with Gasteiger partial charge in [-0.2, -0.15) is 0 Å². The molecular weight excluding hydrogens is 182 g/mol. The Morgan fingerprint density at radius 3 is 3.00 bits per heavy atom. The van der Waals surface area contributed by atoms with Crippen LogP contribution in [-0.4, -0.2) is 11.7 Å². The van der Waals surface area contributed by atoms with Gasteiger partial charge in [0.15, 0.2) is 0 Å². The Labute approximate surface area is 80.6 Å². The summed E-state index contributed by atoms with van der Waals surface area (Å²) in [5, 5.41) is 12.2. The topological polar surface area (TPSA) is 46.2 Å². The molecule has 3 N–H and O–H groups in total. The van der Waals surface area contributed by atoms with E-state index in [9.17, 15) is 0 Å². The minimum Gasteiger partial charge on any atom is -0.394 e. The smallest absolute Gasteiger partial charge is 0.0624 e. The Bertz CT molecular complexity index is 410. The summed E-state index contributed by atoms with van der Waals surface area (Å²) in [6.45, 7) is -0.00309. The number of hydrogen-bond acceptors (Lipinski definition) is 3. The molecule has 0 saturated heterocycles. The molecule has 0 bridgehead atoms. The number of hydrogen-bond donors (Lipinski definition) is 2. The first kappa shape index (κ1) is 8.69. The molecule has 0 spiro atoms. The molecule has 2 rings (SSSR count). The highest BCUT2D eigenvalue weighted by atomic mass is 32.1. The summed E-state index contributed by atoms with van der Waals surface area (Å²) < 4.78 is 1.22. The van der Waals surface area contributed by atoms with Gasteiger partial charge in [0.2, 0.25) is 0 Å². The molecular formula is C10H11NOS. The van der Waals surface area contributed by atoms with Crippen LogP contribution < -0.4 is 5.73 Å². The summed E-state index contributed by atoms with van der Waals surface area (Å²) in [5.74, 6) is 0. The van der Waals surface area contributed by atoms with Crippen molar-refractivity contribution in [2.24, 2.45) is 5.73 Å². The molecule has 2 nitrogen and oxygen atoms in total. The third-order valence-corrected chi connectivity index (χ3v) is 2.98. The summed E-state index contributed by atoms with van der Waals surface area (Å²) in [5.41, 5.74) is 6.71. The van der Waals surface area contributed by atoms with Gasteiger partial charge in [-0.3, -0.25) is 0 Å². The van der Waals surface area contributed by atoms with Crippen LogP contribution in [0.15, 0.2) is 29.6 Å². The first-order valence-electron chi connectivity index (χ1n) is 4.15. The number of fused-ring (bicyclic) bond motifs is 1. The Morgan fingerprint density at radius 2 is 2.23 bits per heavy atom. The lowest BCUT2D eigenvalue weighted by molar-refractivity contribution is 0.268. The van der Waals surface area contributed by atoms with Crippen molar-refractivity contribution in [2.45, 2.75) is 6.04 Å².